The maximum atomic E-state index is 14.6. The molecule has 0 aliphatic carbocycles. The molecular weight excluding hydrogens is 617 g/mol. The molecule has 4 aromatic carbocycles. The fraction of sp³-hybridized carbons (Fsp3) is 0.216. The second kappa shape index (κ2) is 14.0. The zero-order valence-corrected chi connectivity index (χ0v) is 26.1. The number of hydrogen-bond donors (Lipinski definition) is 1. The highest BCUT2D eigenvalue weighted by atomic mass is 19.1. The number of ether oxygens (including phenoxy) is 2. The van der Waals surface area contributed by atoms with E-state index in [1.54, 1.807) is 4.90 Å². The summed E-state index contributed by atoms with van der Waals surface area (Å²) < 4.78 is 24.4. The summed E-state index contributed by atoms with van der Waals surface area (Å²) in [5.74, 6) is -3.89. The van der Waals surface area contributed by atoms with Crippen molar-refractivity contribution in [2.45, 2.75) is 19.8 Å². The molecule has 1 fully saturated rings. The third-order valence-corrected chi connectivity index (χ3v) is 8.44. The Morgan fingerprint density at radius 1 is 0.854 bits per heavy atom. The van der Waals surface area contributed by atoms with E-state index in [-0.39, 0.29) is 41.0 Å². The van der Waals surface area contributed by atoms with Gasteiger partial charge >= 0.3 is 11.9 Å². The van der Waals surface area contributed by atoms with Gasteiger partial charge in [-0.2, -0.15) is 0 Å². The van der Waals surface area contributed by atoms with Crippen molar-refractivity contribution in [2.75, 3.05) is 36.4 Å². The number of hydrogen-bond acceptors (Lipinski definition) is 8. The molecule has 244 valence electrons. The first-order chi connectivity index (χ1) is 23.2. The predicted octanol–water partition coefficient (Wildman–Crippen LogP) is 5.56. The van der Waals surface area contributed by atoms with Crippen LogP contribution in [0.25, 0.3) is 10.8 Å². The van der Waals surface area contributed by atoms with Gasteiger partial charge in [-0.15, -0.1) is 0 Å². The van der Waals surface area contributed by atoms with Gasteiger partial charge in [-0.05, 0) is 73.8 Å². The molecule has 11 heteroatoms. The van der Waals surface area contributed by atoms with Crippen LogP contribution in [-0.2, 0) is 14.4 Å². The second-order valence-corrected chi connectivity index (χ2v) is 11.6. The van der Waals surface area contributed by atoms with Crippen molar-refractivity contribution in [3.8, 4) is 11.5 Å². The lowest BCUT2D eigenvalue weighted by Gasteiger charge is -2.33. The first kappa shape index (κ1) is 32.3. The van der Waals surface area contributed by atoms with Crippen LogP contribution in [0.3, 0.4) is 0 Å². The first-order valence-corrected chi connectivity index (χ1v) is 15.6. The Morgan fingerprint density at radius 3 is 2.23 bits per heavy atom. The van der Waals surface area contributed by atoms with Gasteiger partial charge in [0, 0.05) is 49.0 Å². The van der Waals surface area contributed by atoms with Crippen LogP contribution in [0, 0.1) is 11.7 Å². The number of carbonyl (C=O) groups is 5. The summed E-state index contributed by atoms with van der Waals surface area (Å²) >= 11 is 0. The average molecular weight is 650 g/mol. The molecule has 0 aromatic heterocycles. The molecule has 48 heavy (non-hydrogen) atoms. The number of ketones is 1. The van der Waals surface area contributed by atoms with E-state index < -0.39 is 29.6 Å². The summed E-state index contributed by atoms with van der Waals surface area (Å²) in [6.45, 7) is 3.22. The van der Waals surface area contributed by atoms with Gasteiger partial charge in [0.1, 0.15) is 5.82 Å². The van der Waals surface area contributed by atoms with Crippen molar-refractivity contribution < 1.29 is 37.8 Å². The summed E-state index contributed by atoms with van der Waals surface area (Å²) in [6.07, 6.45) is 3.03. The lowest BCUT2D eigenvalue weighted by Crippen LogP contribution is -2.43. The molecule has 2 heterocycles. The maximum absolute atomic E-state index is 14.6. The standard InChI is InChI=1S/C37H32FN3O7/c1-23(42)39-30-14-13-29(35-36(30)48-33(44)16-15-32(43)47-35)37(46)41(31-8-4-6-24-5-2-3-7-28(24)31)22-21-40-19-17-26(18-20-40)34(45)25-9-11-27(38)12-10-25/h2-16,26H,17-22H2,1H3,(H,39,42)/b16-15+. The van der Waals surface area contributed by atoms with E-state index in [1.165, 1.54) is 43.3 Å². The molecule has 0 bridgehead atoms. The van der Waals surface area contributed by atoms with E-state index in [0.717, 1.165) is 22.9 Å². The Bertz CT molecular complexity index is 1940. The van der Waals surface area contributed by atoms with Crippen LogP contribution in [0.15, 0.2) is 91.0 Å². The smallest absolute Gasteiger partial charge is 0.336 e. The van der Waals surface area contributed by atoms with E-state index in [4.69, 9.17) is 9.47 Å². The van der Waals surface area contributed by atoms with E-state index in [0.29, 0.717) is 43.7 Å². The highest BCUT2D eigenvalue weighted by molar-refractivity contribution is 6.14. The Morgan fingerprint density at radius 2 is 1.52 bits per heavy atom. The number of halogens is 1. The normalized spacial score (nSPS) is 15.8. The third-order valence-electron chi connectivity index (χ3n) is 8.44. The fourth-order valence-corrected chi connectivity index (χ4v) is 6.06. The molecule has 10 nitrogen and oxygen atoms in total. The zero-order chi connectivity index (χ0) is 33.8. The van der Waals surface area contributed by atoms with Crippen molar-refractivity contribution in [2.24, 2.45) is 5.92 Å². The lowest BCUT2D eigenvalue weighted by atomic mass is 9.89. The van der Waals surface area contributed by atoms with E-state index in [2.05, 4.69) is 10.2 Å². The number of nitrogens with one attached hydrogen (secondary N) is 1. The van der Waals surface area contributed by atoms with Gasteiger partial charge in [-0.3, -0.25) is 14.4 Å². The molecule has 1 saturated heterocycles. The molecule has 0 radical (unpaired) electrons. The number of esters is 2. The Labute approximate surface area is 275 Å². The predicted molar refractivity (Wildman–Crippen MR) is 177 cm³/mol. The zero-order valence-electron chi connectivity index (χ0n) is 26.1. The van der Waals surface area contributed by atoms with Crippen LogP contribution in [-0.4, -0.2) is 60.6 Å². The third kappa shape index (κ3) is 7.01. The quantitative estimate of drug-likeness (QED) is 0.150. The topological polar surface area (TPSA) is 122 Å². The molecule has 6 rings (SSSR count). The summed E-state index contributed by atoms with van der Waals surface area (Å²) in [4.78, 5) is 68.4. The molecule has 0 spiro atoms. The Balaban J connectivity index is 1.30. The number of benzene rings is 4. The van der Waals surface area contributed by atoms with Crippen LogP contribution < -0.4 is 19.7 Å². The van der Waals surface area contributed by atoms with Crippen LogP contribution in [0.4, 0.5) is 15.8 Å². The summed E-state index contributed by atoms with van der Waals surface area (Å²) in [7, 11) is 0. The molecule has 2 aliphatic heterocycles. The number of amides is 2. The number of fused-ring (bicyclic) bond motifs is 2. The molecule has 2 amide bonds. The number of Topliss-reactive ketones (excluding diaryl/α,β-unsaturated/α-hetero) is 1. The number of piperidine rings is 1. The fourth-order valence-electron chi connectivity index (χ4n) is 6.06. The van der Waals surface area contributed by atoms with Crippen LogP contribution in [0.5, 0.6) is 11.5 Å². The molecule has 0 unspecified atom stereocenters. The van der Waals surface area contributed by atoms with Crippen molar-refractivity contribution in [3.63, 3.8) is 0 Å². The molecule has 0 atom stereocenters. The number of carbonyl (C=O) groups excluding carboxylic acids is 5. The van der Waals surface area contributed by atoms with Crippen LogP contribution in [0.1, 0.15) is 40.5 Å². The van der Waals surface area contributed by atoms with E-state index in [1.807, 2.05) is 42.5 Å². The van der Waals surface area contributed by atoms with Gasteiger partial charge in [-0.25, -0.2) is 14.0 Å². The van der Waals surface area contributed by atoms with Gasteiger partial charge in [0.2, 0.25) is 5.91 Å². The SMILES string of the molecule is CC(=O)Nc1ccc(C(=O)N(CCN2CCC(C(=O)c3ccc(F)cc3)CC2)c2cccc3ccccc23)c2c1OC(=O)/C=C/C(=O)O2. The second-order valence-electron chi connectivity index (χ2n) is 11.6. The van der Waals surface area contributed by atoms with Crippen molar-refractivity contribution >= 4 is 51.7 Å². The average Bonchev–Trinajstić information content (AvgIpc) is 3.08. The molecule has 1 N–H and O–H groups in total. The van der Waals surface area contributed by atoms with Crippen LogP contribution >= 0.6 is 0 Å². The molecular formula is C37H32FN3O7. The maximum Gasteiger partial charge on any atom is 0.336 e. The number of rotatable bonds is 8. The Kier molecular flexibility index (Phi) is 9.40. The number of nitrogens with zero attached hydrogens (tertiary/aromatic N) is 2. The lowest BCUT2D eigenvalue weighted by molar-refractivity contribution is -0.133. The summed E-state index contributed by atoms with van der Waals surface area (Å²) in [6, 6.07) is 21.7. The largest absolute Gasteiger partial charge is 0.418 e. The van der Waals surface area contributed by atoms with Crippen LogP contribution in [0.2, 0.25) is 0 Å². The minimum Gasteiger partial charge on any atom is -0.418 e. The first-order valence-electron chi connectivity index (χ1n) is 15.6. The minimum absolute atomic E-state index is 0.00787. The summed E-state index contributed by atoms with van der Waals surface area (Å²) in [5, 5.41) is 4.29. The van der Waals surface area contributed by atoms with E-state index in [9.17, 15) is 28.4 Å². The van der Waals surface area contributed by atoms with Gasteiger partial charge in [0.25, 0.3) is 5.91 Å². The summed E-state index contributed by atoms with van der Waals surface area (Å²) in [5.41, 5.74) is 1.12. The minimum atomic E-state index is -0.892. The number of likely N-dealkylation sites (tertiary alicyclic amines) is 1. The molecule has 2 aliphatic rings. The van der Waals surface area contributed by atoms with Gasteiger partial charge < -0.3 is 24.6 Å². The highest BCUT2D eigenvalue weighted by Crippen LogP contribution is 2.41. The molecule has 0 saturated carbocycles. The van der Waals surface area contributed by atoms with E-state index >= 15 is 0 Å². The monoisotopic (exact) mass is 649 g/mol. The van der Waals surface area contributed by atoms with Gasteiger partial charge in [0.15, 0.2) is 17.3 Å². The molecule has 4 aromatic rings. The highest BCUT2D eigenvalue weighted by Gasteiger charge is 2.31. The van der Waals surface area contributed by atoms with Crippen molar-refractivity contribution in [1.82, 2.24) is 4.90 Å². The van der Waals surface area contributed by atoms with Crippen molar-refractivity contribution in [1.29, 1.82) is 0 Å². The van der Waals surface area contributed by atoms with Gasteiger partial charge in [-0.1, -0.05) is 36.4 Å². The number of anilines is 2. The van der Waals surface area contributed by atoms with Gasteiger partial charge in [0.05, 0.1) is 16.9 Å². The van der Waals surface area contributed by atoms with Crippen molar-refractivity contribution in [3.05, 3.63) is 108 Å². The Hall–Kier alpha value is -5.68.